The van der Waals surface area contributed by atoms with Crippen LogP contribution in [0.3, 0.4) is 0 Å². The van der Waals surface area contributed by atoms with E-state index in [1.54, 1.807) is 11.3 Å². The van der Waals surface area contributed by atoms with Gasteiger partial charge < -0.3 is 14.3 Å². The Morgan fingerprint density at radius 3 is 3.00 bits per heavy atom. The summed E-state index contributed by atoms with van der Waals surface area (Å²) in [5, 5.41) is 11.5. The summed E-state index contributed by atoms with van der Waals surface area (Å²) in [7, 11) is 0. The highest BCUT2D eigenvalue weighted by Gasteiger charge is 2.37. The first-order valence-corrected chi connectivity index (χ1v) is 11.5. The van der Waals surface area contributed by atoms with Crippen molar-refractivity contribution in [3.8, 4) is 16.5 Å². The first-order chi connectivity index (χ1) is 14.9. The number of oxazole rings is 1. The summed E-state index contributed by atoms with van der Waals surface area (Å²) in [6.45, 7) is 6.52. The number of rotatable bonds is 8. The molecular formula is C24H28N2O4S. The molecule has 3 aromatic rings. The van der Waals surface area contributed by atoms with Crippen LogP contribution in [0.25, 0.3) is 10.8 Å². The minimum atomic E-state index is -0.709. The van der Waals surface area contributed by atoms with Crippen molar-refractivity contribution in [2.45, 2.75) is 39.7 Å². The maximum atomic E-state index is 11.6. The Hall–Kier alpha value is -2.64. The van der Waals surface area contributed by atoms with Gasteiger partial charge in [0, 0.05) is 19.5 Å². The molecule has 1 atom stereocenters. The topological polar surface area (TPSA) is 75.8 Å². The molecule has 1 unspecified atom stereocenters. The molecule has 1 saturated heterocycles. The van der Waals surface area contributed by atoms with Crippen LogP contribution >= 0.6 is 11.3 Å². The van der Waals surface area contributed by atoms with E-state index in [0.29, 0.717) is 25.5 Å². The van der Waals surface area contributed by atoms with Crippen LogP contribution in [0.1, 0.15) is 36.8 Å². The van der Waals surface area contributed by atoms with E-state index in [4.69, 9.17) is 9.15 Å². The van der Waals surface area contributed by atoms with E-state index in [9.17, 15) is 9.90 Å². The Bertz CT molecular complexity index is 1030. The molecule has 4 rings (SSSR count). The quantitative estimate of drug-likeness (QED) is 0.530. The average Bonchev–Trinajstić information content (AvgIpc) is 3.39. The molecule has 1 aliphatic heterocycles. The number of benzene rings is 1. The molecule has 164 valence electrons. The van der Waals surface area contributed by atoms with Crippen LogP contribution in [0.2, 0.25) is 0 Å². The Balaban J connectivity index is 1.33. The zero-order valence-electron chi connectivity index (χ0n) is 18.0. The second-order valence-electron chi connectivity index (χ2n) is 8.43. The summed E-state index contributed by atoms with van der Waals surface area (Å²) in [5.41, 5.74) is 1.38. The van der Waals surface area contributed by atoms with Crippen molar-refractivity contribution in [1.29, 1.82) is 0 Å². The van der Waals surface area contributed by atoms with Crippen molar-refractivity contribution < 1.29 is 19.1 Å². The van der Waals surface area contributed by atoms with Crippen molar-refractivity contribution in [3.63, 3.8) is 0 Å². The van der Waals surface area contributed by atoms with Crippen LogP contribution < -0.4 is 4.74 Å². The molecule has 1 N–H and O–H groups in total. The fraction of sp³-hybridized carbons (Fsp3) is 0.417. The third-order valence-electron chi connectivity index (χ3n) is 5.83. The summed E-state index contributed by atoms with van der Waals surface area (Å²) < 4.78 is 11.8. The molecule has 1 aromatic carbocycles. The van der Waals surface area contributed by atoms with Gasteiger partial charge in [-0.25, -0.2) is 4.98 Å². The minimum Gasteiger partial charge on any atom is -0.493 e. The number of nitrogens with zero attached hydrogens (tertiary/aromatic N) is 2. The minimum absolute atomic E-state index is 0.515. The molecule has 2 aromatic heterocycles. The third-order valence-corrected chi connectivity index (χ3v) is 6.69. The number of hydrogen-bond acceptors (Lipinski definition) is 6. The van der Waals surface area contributed by atoms with E-state index in [0.717, 1.165) is 53.6 Å². The average molecular weight is 441 g/mol. The predicted octanol–water partition coefficient (Wildman–Crippen LogP) is 5.02. The Labute approximate surface area is 186 Å². The van der Waals surface area contributed by atoms with Gasteiger partial charge in [0.05, 0.1) is 22.6 Å². The van der Waals surface area contributed by atoms with Gasteiger partial charge >= 0.3 is 5.97 Å². The fourth-order valence-electron chi connectivity index (χ4n) is 4.08. The number of piperidine rings is 1. The standard InChI is InChI=1S/C24H28N2O4S/c1-17-20(25-22(30-17)21-8-4-13-31-21)9-12-29-19-7-3-6-18(14-19)15-26-11-5-10-24(2,16-26)23(27)28/h3-4,6-8,13-14H,5,9-12,15-16H2,1-2H3,(H,27,28). The van der Waals surface area contributed by atoms with E-state index in [2.05, 4.69) is 16.0 Å². The largest absolute Gasteiger partial charge is 0.493 e. The molecular weight excluding hydrogens is 412 g/mol. The van der Waals surface area contributed by atoms with Crippen molar-refractivity contribution in [2.75, 3.05) is 19.7 Å². The van der Waals surface area contributed by atoms with E-state index in [1.165, 1.54) is 0 Å². The van der Waals surface area contributed by atoms with Crippen molar-refractivity contribution in [1.82, 2.24) is 9.88 Å². The van der Waals surface area contributed by atoms with Crippen LogP contribution in [-0.4, -0.2) is 40.7 Å². The van der Waals surface area contributed by atoms with E-state index >= 15 is 0 Å². The fourth-order valence-corrected chi connectivity index (χ4v) is 4.73. The number of carboxylic acids is 1. The molecule has 0 bridgehead atoms. The molecule has 1 aliphatic rings. The number of aromatic nitrogens is 1. The van der Waals surface area contributed by atoms with Crippen LogP contribution in [0.4, 0.5) is 0 Å². The lowest BCUT2D eigenvalue weighted by Crippen LogP contribution is -2.45. The predicted molar refractivity (Wildman–Crippen MR) is 120 cm³/mol. The lowest BCUT2D eigenvalue weighted by molar-refractivity contribution is -0.151. The number of likely N-dealkylation sites (tertiary alicyclic amines) is 1. The first-order valence-electron chi connectivity index (χ1n) is 10.6. The van der Waals surface area contributed by atoms with Gasteiger partial charge in [0.2, 0.25) is 5.89 Å². The van der Waals surface area contributed by atoms with Crippen molar-refractivity contribution in [3.05, 3.63) is 58.8 Å². The maximum absolute atomic E-state index is 11.6. The lowest BCUT2D eigenvalue weighted by Gasteiger charge is -2.37. The summed E-state index contributed by atoms with van der Waals surface area (Å²) in [6, 6.07) is 12.0. The SMILES string of the molecule is Cc1oc(-c2cccs2)nc1CCOc1cccc(CN2CCCC(C)(C(=O)O)C2)c1. The number of carbonyl (C=O) groups is 1. The summed E-state index contributed by atoms with van der Waals surface area (Å²) in [5.74, 6) is 1.60. The zero-order valence-corrected chi connectivity index (χ0v) is 18.8. The molecule has 3 heterocycles. The molecule has 31 heavy (non-hydrogen) atoms. The Morgan fingerprint density at radius 2 is 2.23 bits per heavy atom. The second-order valence-corrected chi connectivity index (χ2v) is 9.37. The Morgan fingerprint density at radius 1 is 1.35 bits per heavy atom. The van der Waals surface area contributed by atoms with Crippen molar-refractivity contribution in [2.24, 2.45) is 5.41 Å². The molecule has 7 heteroatoms. The van der Waals surface area contributed by atoms with Crippen molar-refractivity contribution >= 4 is 17.3 Å². The van der Waals surface area contributed by atoms with E-state index in [1.807, 2.05) is 49.6 Å². The number of aryl methyl sites for hydroxylation is 1. The molecule has 6 nitrogen and oxygen atoms in total. The van der Waals surface area contributed by atoms with Gasteiger partial charge in [-0.2, -0.15) is 0 Å². The number of aliphatic carboxylic acids is 1. The molecule has 0 aliphatic carbocycles. The van der Waals surface area contributed by atoms with Gasteiger partial charge in [-0.1, -0.05) is 18.2 Å². The maximum Gasteiger partial charge on any atom is 0.310 e. The van der Waals surface area contributed by atoms with Crippen LogP contribution in [0.5, 0.6) is 5.75 Å². The van der Waals surface area contributed by atoms with Gasteiger partial charge in [-0.3, -0.25) is 9.69 Å². The molecule has 1 fully saturated rings. The van der Waals surface area contributed by atoms with Gasteiger partial charge in [0.1, 0.15) is 11.5 Å². The zero-order chi connectivity index (χ0) is 21.8. The first kappa shape index (κ1) is 21.6. The van der Waals surface area contributed by atoms with Gasteiger partial charge in [-0.15, -0.1) is 11.3 Å². The molecule has 0 radical (unpaired) electrons. The normalized spacial score (nSPS) is 19.4. The van der Waals surface area contributed by atoms with Crippen LogP contribution in [0, 0.1) is 12.3 Å². The number of hydrogen-bond donors (Lipinski definition) is 1. The summed E-state index contributed by atoms with van der Waals surface area (Å²) >= 11 is 1.61. The summed E-state index contributed by atoms with van der Waals surface area (Å²) in [6.07, 6.45) is 2.31. The van der Waals surface area contributed by atoms with Gasteiger partial charge in [-0.05, 0) is 62.4 Å². The molecule has 0 spiro atoms. The highest BCUT2D eigenvalue weighted by Crippen LogP contribution is 2.31. The van der Waals surface area contributed by atoms with Gasteiger partial charge in [0.25, 0.3) is 0 Å². The molecule has 0 amide bonds. The van der Waals surface area contributed by atoms with E-state index < -0.39 is 11.4 Å². The smallest absolute Gasteiger partial charge is 0.310 e. The summed E-state index contributed by atoms with van der Waals surface area (Å²) in [4.78, 5) is 19.5. The second kappa shape index (κ2) is 9.24. The number of carboxylic acid groups (broad SMARTS) is 1. The number of thiophene rings is 1. The highest BCUT2D eigenvalue weighted by atomic mass is 32.1. The monoisotopic (exact) mass is 440 g/mol. The number of ether oxygens (including phenoxy) is 1. The van der Waals surface area contributed by atoms with E-state index in [-0.39, 0.29) is 0 Å². The van der Waals surface area contributed by atoms with Gasteiger partial charge in [0.15, 0.2) is 0 Å². The highest BCUT2D eigenvalue weighted by molar-refractivity contribution is 7.13. The van der Waals surface area contributed by atoms with Crippen LogP contribution in [-0.2, 0) is 17.8 Å². The third kappa shape index (κ3) is 5.17. The van der Waals surface area contributed by atoms with Crippen LogP contribution in [0.15, 0.2) is 46.2 Å². The Kier molecular flexibility index (Phi) is 6.43. The lowest BCUT2D eigenvalue weighted by atomic mass is 9.82. The molecule has 0 saturated carbocycles.